The molecule has 2 amide bonds. The van der Waals surface area contributed by atoms with E-state index in [-0.39, 0.29) is 11.6 Å². The molecule has 160 valence electrons. The highest BCUT2D eigenvalue weighted by Crippen LogP contribution is 2.21. The Labute approximate surface area is 179 Å². The summed E-state index contributed by atoms with van der Waals surface area (Å²) in [6.07, 6.45) is 0. The zero-order chi connectivity index (χ0) is 22.5. The number of ether oxygens (including phenoxy) is 1. The lowest BCUT2D eigenvalue weighted by molar-refractivity contribution is -0.119. The Kier molecular flexibility index (Phi) is 6.49. The van der Waals surface area contributed by atoms with Crippen molar-refractivity contribution in [1.29, 1.82) is 0 Å². The summed E-state index contributed by atoms with van der Waals surface area (Å²) in [6, 6.07) is 15.0. The first-order valence-electron chi connectivity index (χ1n) is 9.72. The molecule has 31 heavy (non-hydrogen) atoms. The molecule has 8 nitrogen and oxygen atoms in total. The number of methoxy groups -OCH3 is 1. The highest BCUT2D eigenvalue weighted by atomic mass is 16.5. The van der Waals surface area contributed by atoms with Gasteiger partial charge in [-0.25, -0.2) is 4.68 Å². The fourth-order valence-corrected chi connectivity index (χ4v) is 2.95. The Balaban J connectivity index is 1.97. The van der Waals surface area contributed by atoms with Gasteiger partial charge in [0.05, 0.1) is 12.8 Å². The van der Waals surface area contributed by atoms with Crippen LogP contribution >= 0.6 is 0 Å². The minimum absolute atomic E-state index is 0.0576. The molecule has 0 bridgehead atoms. The summed E-state index contributed by atoms with van der Waals surface area (Å²) < 4.78 is 6.19. The van der Waals surface area contributed by atoms with Gasteiger partial charge in [0.2, 0.25) is 11.8 Å². The van der Waals surface area contributed by atoms with Gasteiger partial charge >= 0.3 is 0 Å². The zero-order valence-electron chi connectivity index (χ0n) is 17.8. The molecule has 3 aromatic rings. The van der Waals surface area contributed by atoms with Gasteiger partial charge in [0, 0.05) is 18.2 Å². The van der Waals surface area contributed by atoms with Gasteiger partial charge < -0.3 is 15.4 Å². The summed E-state index contributed by atoms with van der Waals surface area (Å²) >= 11 is 0. The molecule has 0 spiro atoms. The van der Waals surface area contributed by atoms with Crippen molar-refractivity contribution in [2.45, 2.75) is 26.8 Å². The molecular formula is C23H24N4O4. The Hall–Kier alpha value is -3.94. The van der Waals surface area contributed by atoms with Crippen LogP contribution in [0.2, 0.25) is 0 Å². The van der Waals surface area contributed by atoms with E-state index < -0.39 is 17.5 Å². The lowest BCUT2D eigenvalue weighted by Gasteiger charge is -2.17. The monoisotopic (exact) mass is 420 g/mol. The van der Waals surface area contributed by atoms with E-state index in [1.54, 1.807) is 38.3 Å². The van der Waals surface area contributed by atoms with E-state index in [4.69, 9.17) is 4.74 Å². The van der Waals surface area contributed by atoms with Gasteiger partial charge in [-0.3, -0.25) is 14.4 Å². The van der Waals surface area contributed by atoms with E-state index >= 15 is 0 Å². The molecular weight excluding hydrogens is 396 g/mol. The second-order valence-electron chi connectivity index (χ2n) is 7.13. The molecule has 2 aromatic carbocycles. The fourth-order valence-electron chi connectivity index (χ4n) is 2.95. The van der Waals surface area contributed by atoms with Gasteiger partial charge in [-0.1, -0.05) is 29.8 Å². The predicted molar refractivity (Wildman–Crippen MR) is 119 cm³/mol. The minimum Gasteiger partial charge on any atom is -0.497 e. The molecule has 1 atom stereocenters. The van der Waals surface area contributed by atoms with Crippen molar-refractivity contribution in [3.63, 3.8) is 0 Å². The normalized spacial score (nSPS) is 11.5. The average Bonchev–Trinajstić information content (AvgIpc) is 2.75. The molecule has 0 radical (unpaired) electrons. The van der Waals surface area contributed by atoms with Crippen LogP contribution in [0.15, 0.2) is 59.4 Å². The fraction of sp³-hybridized carbons (Fsp3) is 0.217. The minimum atomic E-state index is -0.924. The van der Waals surface area contributed by atoms with E-state index in [2.05, 4.69) is 15.7 Å². The van der Waals surface area contributed by atoms with Gasteiger partial charge in [0.25, 0.3) is 5.56 Å². The van der Waals surface area contributed by atoms with E-state index in [9.17, 15) is 14.4 Å². The largest absolute Gasteiger partial charge is 0.497 e. The number of nitrogens with zero attached hydrogens (tertiary/aromatic N) is 2. The second-order valence-corrected chi connectivity index (χ2v) is 7.13. The molecule has 2 N–H and O–H groups in total. The molecule has 0 aliphatic rings. The molecule has 0 saturated heterocycles. The van der Waals surface area contributed by atoms with Gasteiger partial charge in [0.1, 0.15) is 17.5 Å². The third-order valence-electron chi connectivity index (χ3n) is 4.70. The number of hydrogen-bond acceptors (Lipinski definition) is 5. The number of amides is 2. The smallest absolute Gasteiger partial charge is 0.291 e. The third-order valence-corrected chi connectivity index (χ3v) is 4.70. The Morgan fingerprint density at radius 1 is 1.03 bits per heavy atom. The number of nitrogens with one attached hydrogen (secondary N) is 2. The summed E-state index contributed by atoms with van der Waals surface area (Å²) in [6.45, 7) is 4.85. The van der Waals surface area contributed by atoms with Crippen molar-refractivity contribution >= 4 is 23.2 Å². The average molecular weight is 420 g/mol. The second kappa shape index (κ2) is 9.25. The molecule has 0 unspecified atom stereocenters. The summed E-state index contributed by atoms with van der Waals surface area (Å²) in [5.41, 5.74) is 2.35. The molecule has 0 saturated carbocycles. The molecule has 3 rings (SSSR count). The van der Waals surface area contributed by atoms with Crippen LogP contribution in [0.3, 0.4) is 0 Å². The van der Waals surface area contributed by atoms with Crippen LogP contribution in [0.4, 0.5) is 11.4 Å². The first kappa shape index (κ1) is 21.8. The number of hydrogen-bond donors (Lipinski definition) is 2. The van der Waals surface area contributed by atoms with Gasteiger partial charge in [-0.2, -0.15) is 5.10 Å². The molecule has 0 aliphatic heterocycles. The van der Waals surface area contributed by atoms with Crippen molar-refractivity contribution in [3.05, 3.63) is 70.5 Å². The quantitative estimate of drug-likeness (QED) is 0.636. The lowest BCUT2D eigenvalue weighted by Crippen LogP contribution is -2.35. The number of benzene rings is 2. The topological polar surface area (TPSA) is 102 Å². The summed E-state index contributed by atoms with van der Waals surface area (Å²) in [4.78, 5) is 37.3. The molecule has 0 fully saturated rings. The third kappa shape index (κ3) is 5.16. The van der Waals surface area contributed by atoms with Crippen LogP contribution in [0, 0.1) is 6.92 Å². The Morgan fingerprint density at radius 3 is 2.26 bits per heavy atom. The van der Waals surface area contributed by atoms with Crippen LogP contribution in [-0.4, -0.2) is 28.7 Å². The maximum Gasteiger partial charge on any atom is 0.291 e. The standard InChI is InChI=1S/C23H24N4O4/c1-14-5-7-17(8-6-14)20-13-21(24-16(3)28)23(30)27(26-20)15(2)22(29)25-18-9-11-19(31-4)12-10-18/h5-13,15H,1-4H3,(H,24,28)(H,25,29)/t15-/m1/s1. The zero-order valence-corrected chi connectivity index (χ0v) is 17.8. The van der Waals surface area contributed by atoms with Gasteiger partial charge in [-0.05, 0) is 44.2 Å². The van der Waals surface area contributed by atoms with Crippen LogP contribution in [0.25, 0.3) is 11.3 Å². The van der Waals surface area contributed by atoms with Gasteiger partial charge in [0.15, 0.2) is 0 Å². The molecule has 0 aliphatic carbocycles. The van der Waals surface area contributed by atoms with Crippen LogP contribution in [-0.2, 0) is 9.59 Å². The molecule has 1 heterocycles. The van der Waals surface area contributed by atoms with E-state index in [0.29, 0.717) is 17.1 Å². The van der Waals surface area contributed by atoms with Crippen molar-refractivity contribution in [2.24, 2.45) is 0 Å². The summed E-state index contributed by atoms with van der Waals surface area (Å²) in [5, 5.41) is 9.70. The summed E-state index contributed by atoms with van der Waals surface area (Å²) in [5.74, 6) is -0.149. The summed E-state index contributed by atoms with van der Waals surface area (Å²) in [7, 11) is 1.56. The number of carbonyl (C=O) groups excluding carboxylic acids is 2. The number of aromatic nitrogens is 2. The lowest BCUT2D eigenvalue weighted by atomic mass is 10.1. The van der Waals surface area contributed by atoms with E-state index in [0.717, 1.165) is 15.8 Å². The first-order chi connectivity index (χ1) is 14.8. The number of aryl methyl sites for hydroxylation is 1. The Morgan fingerprint density at radius 2 is 1.68 bits per heavy atom. The Bertz CT molecular complexity index is 1150. The van der Waals surface area contributed by atoms with Crippen LogP contribution < -0.4 is 20.9 Å². The molecule has 1 aromatic heterocycles. The highest BCUT2D eigenvalue weighted by molar-refractivity contribution is 5.93. The van der Waals surface area contributed by atoms with Gasteiger partial charge in [-0.15, -0.1) is 0 Å². The van der Waals surface area contributed by atoms with Crippen molar-refractivity contribution in [2.75, 3.05) is 17.7 Å². The van der Waals surface area contributed by atoms with Crippen molar-refractivity contribution in [3.8, 4) is 17.0 Å². The number of carbonyl (C=O) groups is 2. The SMILES string of the molecule is COc1ccc(NC(=O)[C@@H](C)n2nc(-c3ccc(C)cc3)cc(NC(C)=O)c2=O)cc1. The predicted octanol–water partition coefficient (Wildman–Crippen LogP) is 3.39. The number of anilines is 2. The maximum absolute atomic E-state index is 12.9. The first-order valence-corrected chi connectivity index (χ1v) is 9.72. The van der Waals surface area contributed by atoms with Crippen LogP contribution in [0.1, 0.15) is 25.5 Å². The van der Waals surface area contributed by atoms with E-state index in [1.807, 2.05) is 31.2 Å². The number of rotatable bonds is 6. The highest BCUT2D eigenvalue weighted by Gasteiger charge is 2.21. The van der Waals surface area contributed by atoms with E-state index in [1.165, 1.54) is 13.0 Å². The molecule has 8 heteroatoms. The van der Waals surface area contributed by atoms with Crippen molar-refractivity contribution < 1.29 is 14.3 Å². The van der Waals surface area contributed by atoms with Crippen molar-refractivity contribution in [1.82, 2.24) is 9.78 Å². The van der Waals surface area contributed by atoms with Crippen LogP contribution in [0.5, 0.6) is 5.75 Å². The maximum atomic E-state index is 12.9.